The van der Waals surface area contributed by atoms with E-state index in [0.29, 0.717) is 30.2 Å². The number of terminal acetylenes is 1. The van der Waals surface area contributed by atoms with E-state index in [2.05, 4.69) is 23.5 Å². The normalized spacial score (nSPS) is 20.0. The summed E-state index contributed by atoms with van der Waals surface area (Å²) in [5.41, 5.74) is 0.927. The molecule has 1 aliphatic heterocycles. The number of carbonyl (C=O) groups excluding carboxylic acids is 2. The smallest absolute Gasteiger partial charge is 0.254 e. The monoisotopic (exact) mass is 328 g/mol. The second-order valence-corrected chi connectivity index (χ2v) is 5.98. The molecule has 2 atom stereocenters. The molecular weight excluding hydrogens is 304 g/mol. The molecule has 128 valence electrons. The van der Waals surface area contributed by atoms with Crippen molar-refractivity contribution in [2.75, 3.05) is 18.5 Å². The fraction of sp³-hybridized carbons (Fsp3) is 0.474. The van der Waals surface area contributed by atoms with Crippen LogP contribution >= 0.6 is 0 Å². The van der Waals surface area contributed by atoms with E-state index in [1.165, 1.54) is 0 Å². The van der Waals surface area contributed by atoms with E-state index in [1.54, 1.807) is 24.3 Å². The average Bonchev–Trinajstić information content (AvgIpc) is 2.60. The average molecular weight is 328 g/mol. The molecular formula is C19H24N2O3. The van der Waals surface area contributed by atoms with Gasteiger partial charge in [-0.2, -0.15) is 0 Å². The zero-order valence-electron chi connectivity index (χ0n) is 14.0. The van der Waals surface area contributed by atoms with Crippen molar-refractivity contribution in [2.45, 2.75) is 38.7 Å². The van der Waals surface area contributed by atoms with Gasteiger partial charge in [-0.3, -0.25) is 9.59 Å². The number of ether oxygens (including phenoxy) is 1. The van der Waals surface area contributed by atoms with E-state index in [4.69, 9.17) is 11.2 Å². The summed E-state index contributed by atoms with van der Waals surface area (Å²) in [6.07, 6.45) is 8.63. The van der Waals surface area contributed by atoms with Gasteiger partial charge < -0.3 is 15.4 Å². The molecule has 1 aliphatic rings. The van der Waals surface area contributed by atoms with Crippen molar-refractivity contribution < 1.29 is 14.3 Å². The predicted molar refractivity (Wildman–Crippen MR) is 93.6 cm³/mol. The van der Waals surface area contributed by atoms with Crippen LogP contribution in [0, 0.1) is 18.3 Å². The third-order valence-corrected chi connectivity index (χ3v) is 4.20. The minimum absolute atomic E-state index is 0.0750. The minimum atomic E-state index is -0.291. The molecule has 0 radical (unpaired) electrons. The maximum atomic E-state index is 12.3. The largest absolute Gasteiger partial charge is 0.378 e. The van der Waals surface area contributed by atoms with Gasteiger partial charge in [0.15, 0.2) is 0 Å². The third kappa shape index (κ3) is 5.10. The molecule has 5 nitrogen and oxygen atoms in total. The highest BCUT2D eigenvalue weighted by molar-refractivity contribution is 6.03. The van der Waals surface area contributed by atoms with Gasteiger partial charge in [0.2, 0.25) is 5.91 Å². The van der Waals surface area contributed by atoms with Crippen molar-refractivity contribution in [1.82, 2.24) is 5.32 Å². The van der Waals surface area contributed by atoms with Crippen molar-refractivity contribution >= 4 is 17.5 Å². The minimum Gasteiger partial charge on any atom is -0.378 e. The quantitative estimate of drug-likeness (QED) is 0.789. The van der Waals surface area contributed by atoms with Crippen LogP contribution in [0.1, 0.15) is 43.0 Å². The first-order chi connectivity index (χ1) is 11.6. The van der Waals surface area contributed by atoms with Crippen molar-refractivity contribution in [3.8, 4) is 12.3 Å². The van der Waals surface area contributed by atoms with Crippen LogP contribution in [0.3, 0.4) is 0 Å². The number of amides is 2. The Morgan fingerprint density at radius 2 is 2.17 bits per heavy atom. The van der Waals surface area contributed by atoms with Gasteiger partial charge in [0, 0.05) is 13.0 Å². The highest BCUT2D eigenvalue weighted by atomic mass is 16.5. The van der Waals surface area contributed by atoms with Crippen LogP contribution in [0.4, 0.5) is 5.69 Å². The number of anilines is 1. The summed E-state index contributed by atoms with van der Waals surface area (Å²) >= 11 is 0. The Hall–Kier alpha value is -2.32. The lowest BCUT2D eigenvalue weighted by atomic mass is 9.91. The Labute approximate surface area is 143 Å². The van der Waals surface area contributed by atoms with Crippen LogP contribution in [0.15, 0.2) is 24.3 Å². The van der Waals surface area contributed by atoms with Gasteiger partial charge >= 0.3 is 0 Å². The molecule has 24 heavy (non-hydrogen) atoms. The molecule has 2 N–H and O–H groups in total. The predicted octanol–water partition coefficient (Wildman–Crippen LogP) is 2.58. The van der Waals surface area contributed by atoms with Crippen LogP contribution in [0.5, 0.6) is 0 Å². The molecule has 1 heterocycles. The first-order valence-corrected chi connectivity index (χ1v) is 8.36. The SMILES string of the molecule is C#CCNC(=O)c1ccccc1NC(=O)C[C@H]1CCO[C@@H](CC)C1. The lowest BCUT2D eigenvalue weighted by Crippen LogP contribution is -2.29. The Morgan fingerprint density at radius 1 is 1.38 bits per heavy atom. The fourth-order valence-electron chi connectivity index (χ4n) is 2.91. The molecule has 0 aromatic heterocycles. The highest BCUT2D eigenvalue weighted by Gasteiger charge is 2.24. The molecule has 5 heteroatoms. The van der Waals surface area contributed by atoms with Gasteiger partial charge in [0.05, 0.1) is 23.9 Å². The third-order valence-electron chi connectivity index (χ3n) is 4.20. The summed E-state index contributed by atoms with van der Waals surface area (Å²) in [6, 6.07) is 6.93. The standard InChI is InChI=1S/C19H24N2O3/c1-3-10-20-19(23)16-7-5-6-8-17(16)21-18(22)13-14-9-11-24-15(4-2)12-14/h1,5-8,14-15H,4,9-13H2,2H3,(H,20,23)(H,21,22)/t14-,15-/m0/s1. The fourth-order valence-corrected chi connectivity index (χ4v) is 2.91. The van der Waals surface area contributed by atoms with Crippen LogP contribution in [-0.4, -0.2) is 31.1 Å². The van der Waals surface area contributed by atoms with E-state index < -0.39 is 0 Å². The lowest BCUT2D eigenvalue weighted by molar-refractivity contribution is -0.118. The van der Waals surface area contributed by atoms with Gasteiger partial charge in [-0.05, 0) is 37.3 Å². The van der Waals surface area contributed by atoms with Gasteiger partial charge in [-0.25, -0.2) is 0 Å². The highest BCUT2D eigenvalue weighted by Crippen LogP contribution is 2.25. The zero-order chi connectivity index (χ0) is 17.4. The summed E-state index contributed by atoms with van der Waals surface area (Å²) in [7, 11) is 0. The van der Waals surface area contributed by atoms with Crippen molar-refractivity contribution in [3.63, 3.8) is 0 Å². The maximum absolute atomic E-state index is 12.3. The molecule has 1 aromatic rings. The van der Waals surface area contributed by atoms with Gasteiger partial charge in [0.25, 0.3) is 5.91 Å². The molecule has 1 saturated heterocycles. The van der Waals surface area contributed by atoms with E-state index in [0.717, 1.165) is 19.3 Å². The van der Waals surface area contributed by atoms with Crippen LogP contribution < -0.4 is 10.6 Å². The summed E-state index contributed by atoms with van der Waals surface area (Å²) in [4.78, 5) is 24.5. The Balaban J connectivity index is 1.96. The summed E-state index contributed by atoms with van der Waals surface area (Å²) in [5.74, 6) is 2.32. The number of nitrogens with one attached hydrogen (secondary N) is 2. The van der Waals surface area contributed by atoms with Gasteiger partial charge in [-0.15, -0.1) is 6.42 Å². The second kappa shape index (κ2) is 9.09. The van der Waals surface area contributed by atoms with Gasteiger partial charge in [0.1, 0.15) is 0 Å². The lowest BCUT2D eigenvalue weighted by Gasteiger charge is -2.28. The van der Waals surface area contributed by atoms with Crippen molar-refractivity contribution in [1.29, 1.82) is 0 Å². The Morgan fingerprint density at radius 3 is 2.92 bits per heavy atom. The number of hydrogen-bond donors (Lipinski definition) is 2. The zero-order valence-corrected chi connectivity index (χ0v) is 14.0. The molecule has 1 aromatic carbocycles. The molecule has 0 aliphatic carbocycles. The Bertz CT molecular complexity index is 621. The number of rotatable bonds is 6. The number of carbonyl (C=O) groups is 2. The summed E-state index contributed by atoms with van der Waals surface area (Å²) in [6.45, 7) is 2.96. The first-order valence-electron chi connectivity index (χ1n) is 8.36. The maximum Gasteiger partial charge on any atom is 0.254 e. The van der Waals surface area contributed by atoms with Crippen LogP contribution in [0.2, 0.25) is 0 Å². The molecule has 0 unspecified atom stereocenters. The Kier molecular flexibility index (Phi) is 6.83. The first kappa shape index (κ1) is 18.0. The molecule has 2 rings (SSSR count). The van der Waals surface area contributed by atoms with Crippen LogP contribution in [0.25, 0.3) is 0 Å². The topological polar surface area (TPSA) is 67.4 Å². The van der Waals surface area contributed by atoms with E-state index in [-0.39, 0.29) is 24.5 Å². The van der Waals surface area contributed by atoms with Crippen molar-refractivity contribution in [3.05, 3.63) is 29.8 Å². The number of hydrogen-bond acceptors (Lipinski definition) is 3. The molecule has 0 bridgehead atoms. The van der Waals surface area contributed by atoms with Crippen LogP contribution in [-0.2, 0) is 9.53 Å². The summed E-state index contributed by atoms with van der Waals surface area (Å²) < 4.78 is 5.64. The summed E-state index contributed by atoms with van der Waals surface area (Å²) in [5, 5.41) is 5.47. The molecule has 0 spiro atoms. The molecule has 2 amide bonds. The second-order valence-electron chi connectivity index (χ2n) is 5.98. The molecule has 0 saturated carbocycles. The number of benzene rings is 1. The van der Waals surface area contributed by atoms with E-state index >= 15 is 0 Å². The van der Waals surface area contributed by atoms with Crippen molar-refractivity contribution in [2.24, 2.45) is 5.92 Å². The number of para-hydroxylation sites is 1. The molecule has 1 fully saturated rings. The van der Waals surface area contributed by atoms with E-state index in [9.17, 15) is 9.59 Å². The van der Waals surface area contributed by atoms with Gasteiger partial charge in [-0.1, -0.05) is 25.0 Å². The van der Waals surface area contributed by atoms with E-state index in [1.807, 2.05) is 0 Å².